The predicted molar refractivity (Wildman–Crippen MR) is 76.8 cm³/mol. The molecule has 1 unspecified atom stereocenters. The molecule has 1 aliphatic heterocycles. The van der Waals surface area contributed by atoms with Gasteiger partial charge in [-0.15, -0.1) is 0 Å². The fraction of sp³-hybridized carbons (Fsp3) is 0.467. The number of hydrogen-bond acceptors (Lipinski definition) is 5. The highest BCUT2D eigenvalue weighted by Gasteiger charge is 2.20. The molecule has 0 bridgehead atoms. The van der Waals surface area contributed by atoms with Crippen LogP contribution in [0.15, 0.2) is 34.9 Å². The van der Waals surface area contributed by atoms with E-state index in [2.05, 4.69) is 15.0 Å². The standard InChI is InChI=1S/C15H20N4O/c16-9-12-5-4-8-19(10-12)11-14-17-15(18-20-14)13-6-2-1-3-7-13/h1-3,6-7,12H,4-5,8-11,16H2. The Labute approximate surface area is 118 Å². The first kappa shape index (κ1) is 13.3. The highest BCUT2D eigenvalue weighted by atomic mass is 16.5. The van der Waals surface area contributed by atoms with E-state index >= 15 is 0 Å². The summed E-state index contributed by atoms with van der Waals surface area (Å²) < 4.78 is 5.36. The molecule has 0 amide bonds. The number of piperidine rings is 1. The third-order valence-corrected chi connectivity index (χ3v) is 3.80. The van der Waals surface area contributed by atoms with Crippen molar-refractivity contribution in [1.29, 1.82) is 0 Å². The van der Waals surface area contributed by atoms with Gasteiger partial charge in [-0.1, -0.05) is 35.5 Å². The Kier molecular flexibility index (Phi) is 4.08. The first-order chi connectivity index (χ1) is 9.85. The first-order valence-corrected chi connectivity index (χ1v) is 7.15. The molecule has 1 atom stereocenters. The predicted octanol–water partition coefficient (Wildman–Crippen LogP) is 1.91. The summed E-state index contributed by atoms with van der Waals surface area (Å²) in [6.07, 6.45) is 2.42. The summed E-state index contributed by atoms with van der Waals surface area (Å²) in [5.41, 5.74) is 6.75. The molecule has 0 spiro atoms. The minimum absolute atomic E-state index is 0.597. The molecule has 2 N–H and O–H groups in total. The van der Waals surface area contributed by atoms with Gasteiger partial charge in [-0.2, -0.15) is 4.98 Å². The maximum absolute atomic E-state index is 5.76. The third kappa shape index (κ3) is 3.05. The summed E-state index contributed by atoms with van der Waals surface area (Å²) in [5.74, 6) is 1.94. The van der Waals surface area contributed by atoms with Gasteiger partial charge in [-0.25, -0.2) is 0 Å². The summed E-state index contributed by atoms with van der Waals surface area (Å²) in [6, 6.07) is 9.90. The minimum Gasteiger partial charge on any atom is -0.338 e. The van der Waals surface area contributed by atoms with Crippen molar-refractivity contribution in [2.45, 2.75) is 19.4 Å². The quantitative estimate of drug-likeness (QED) is 0.920. The van der Waals surface area contributed by atoms with Crippen LogP contribution in [0.4, 0.5) is 0 Å². The number of nitrogens with two attached hydrogens (primary N) is 1. The van der Waals surface area contributed by atoms with Crippen molar-refractivity contribution < 1.29 is 4.52 Å². The largest absolute Gasteiger partial charge is 0.338 e. The van der Waals surface area contributed by atoms with Gasteiger partial charge < -0.3 is 10.3 Å². The summed E-state index contributed by atoms with van der Waals surface area (Å²) >= 11 is 0. The highest BCUT2D eigenvalue weighted by molar-refractivity contribution is 5.53. The van der Waals surface area contributed by atoms with Crippen LogP contribution in [0.25, 0.3) is 11.4 Å². The summed E-state index contributed by atoms with van der Waals surface area (Å²) in [6.45, 7) is 3.59. The van der Waals surface area contributed by atoms with Gasteiger partial charge in [-0.3, -0.25) is 4.90 Å². The smallest absolute Gasteiger partial charge is 0.241 e. The summed E-state index contributed by atoms with van der Waals surface area (Å²) in [5, 5.41) is 4.05. The van der Waals surface area contributed by atoms with Gasteiger partial charge in [0.25, 0.3) is 0 Å². The van der Waals surface area contributed by atoms with Gasteiger partial charge in [0, 0.05) is 12.1 Å². The van der Waals surface area contributed by atoms with Crippen molar-refractivity contribution >= 4 is 0 Å². The average Bonchev–Trinajstić information content (AvgIpc) is 2.97. The molecule has 1 saturated heterocycles. The molecule has 0 aliphatic carbocycles. The number of likely N-dealkylation sites (tertiary alicyclic amines) is 1. The van der Waals surface area contributed by atoms with Crippen LogP contribution in [0, 0.1) is 5.92 Å². The van der Waals surface area contributed by atoms with Gasteiger partial charge in [0.05, 0.1) is 6.54 Å². The van der Waals surface area contributed by atoms with Crippen molar-refractivity contribution in [3.8, 4) is 11.4 Å². The molecule has 2 heterocycles. The zero-order valence-electron chi connectivity index (χ0n) is 11.5. The Bertz CT molecular complexity index is 540. The van der Waals surface area contributed by atoms with E-state index in [0.29, 0.717) is 17.6 Å². The van der Waals surface area contributed by atoms with Crippen LogP contribution in [-0.2, 0) is 6.54 Å². The van der Waals surface area contributed by atoms with Crippen LogP contribution < -0.4 is 5.73 Å². The molecule has 5 heteroatoms. The maximum atomic E-state index is 5.76. The van der Waals surface area contributed by atoms with Crippen molar-refractivity contribution in [2.24, 2.45) is 11.7 Å². The van der Waals surface area contributed by atoms with E-state index in [1.165, 1.54) is 12.8 Å². The Morgan fingerprint density at radius 3 is 2.95 bits per heavy atom. The Hall–Kier alpha value is -1.72. The summed E-state index contributed by atoms with van der Waals surface area (Å²) in [4.78, 5) is 6.83. The molecule has 1 aliphatic rings. The van der Waals surface area contributed by atoms with E-state index in [1.807, 2.05) is 30.3 Å². The number of benzene rings is 1. The minimum atomic E-state index is 0.597. The Morgan fingerprint density at radius 2 is 2.15 bits per heavy atom. The van der Waals surface area contributed by atoms with Gasteiger partial charge in [0.15, 0.2) is 0 Å². The molecular weight excluding hydrogens is 252 g/mol. The lowest BCUT2D eigenvalue weighted by molar-refractivity contribution is 0.153. The Morgan fingerprint density at radius 1 is 1.30 bits per heavy atom. The van der Waals surface area contributed by atoms with E-state index in [9.17, 15) is 0 Å². The molecule has 1 fully saturated rings. The van der Waals surface area contributed by atoms with E-state index < -0.39 is 0 Å². The van der Waals surface area contributed by atoms with Crippen LogP contribution >= 0.6 is 0 Å². The van der Waals surface area contributed by atoms with Crippen molar-refractivity contribution in [2.75, 3.05) is 19.6 Å². The highest BCUT2D eigenvalue weighted by Crippen LogP contribution is 2.19. The van der Waals surface area contributed by atoms with Crippen molar-refractivity contribution in [1.82, 2.24) is 15.0 Å². The second kappa shape index (κ2) is 6.15. The molecule has 3 rings (SSSR count). The van der Waals surface area contributed by atoms with Gasteiger partial charge >= 0.3 is 0 Å². The number of nitrogens with zero attached hydrogens (tertiary/aromatic N) is 3. The third-order valence-electron chi connectivity index (χ3n) is 3.80. The fourth-order valence-electron chi connectivity index (χ4n) is 2.70. The number of hydrogen-bond donors (Lipinski definition) is 1. The molecule has 2 aromatic rings. The molecule has 1 aromatic heterocycles. The van der Waals surface area contributed by atoms with Crippen LogP contribution in [0.1, 0.15) is 18.7 Å². The number of rotatable bonds is 4. The molecule has 0 saturated carbocycles. The molecule has 5 nitrogen and oxygen atoms in total. The molecular formula is C15H20N4O. The van der Waals surface area contributed by atoms with Gasteiger partial charge in [-0.05, 0) is 31.8 Å². The van der Waals surface area contributed by atoms with E-state index in [0.717, 1.165) is 31.7 Å². The first-order valence-electron chi connectivity index (χ1n) is 7.15. The molecule has 20 heavy (non-hydrogen) atoms. The van der Waals surface area contributed by atoms with Gasteiger partial charge in [0.1, 0.15) is 0 Å². The maximum Gasteiger partial charge on any atom is 0.241 e. The van der Waals surface area contributed by atoms with Crippen LogP contribution in [0.2, 0.25) is 0 Å². The normalized spacial score (nSPS) is 20.1. The van der Waals surface area contributed by atoms with Crippen LogP contribution in [-0.4, -0.2) is 34.7 Å². The lowest BCUT2D eigenvalue weighted by Gasteiger charge is -2.30. The lowest BCUT2D eigenvalue weighted by atomic mass is 9.98. The van der Waals surface area contributed by atoms with Crippen LogP contribution in [0.5, 0.6) is 0 Å². The number of aromatic nitrogens is 2. The second-order valence-corrected chi connectivity index (χ2v) is 5.36. The molecule has 106 valence electrons. The van der Waals surface area contributed by atoms with Crippen molar-refractivity contribution in [3.05, 3.63) is 36.2 Å². The SMILES string of the molecule is NCC1CCCN(Cc2nc(-c3ccccc3)no2)C1. The fourth-order valence-corrected chi connectivity index (χ4v) is 2.70. The van der Waals surface area contributed by atoms with Crippen LogP contribution in [0.3, 0.4) is 0 Å². The zero-order chi connectivity index (χ0) is 13.8. The Balaban J connectivity index is 1.65. The lowest BCUT2D eigenvalue weighted by Crippen LogP contribution is -2.37. The monoisotopic (exact) mass is 272 g/mol. The average molecular weight is 272 g/mol. The molecule has 1 aromatic carbocycles. The van der Waals surface area contributed by atoms with E-state index in [-0.39, 0.29) is 0 Å². The van der Waals surface area contributed by atoms with Crippen molar-refractivity contribution in [3.63, 3.8) is 0 Å². The molecule has 0 radical (unpaired) electrons. The summed E-state index contributed by atoms with van der Waals surface area (Å²) in [7, 11) is 0. The van der Waals surface area contributed by atoms with Gasteiger partial charge in [0.2, 0.25) is 11.7 Å². The second-order valence-electron chi connectivity index (χ2n) is 5.36. The van der Waals surface area contributed by atoms with E-state index in [1.54, 1.807) is 0 Å². The topological polar surface area (TPSA) is 68.2 Å². The zero-order valence-corrected chi connectivity index (χ0v) is 11.5. The van der Waals surface area contributed by atoms with E-state index in [4.69, 9.17) is 10.3 Å².